The number of para-hydroxylation sites is 1. The average Bonchev–Trinajstić information content (AvgIpc) is 3.06. The van der Waals surface area contributed by atoms with Crippen LogP contribution in [0.5, 0.6) is 0 Å². The molecular formula is C20H16ClN3O. The van der Waals surface area contributed by atoms with Crippen LogP contribution in [0.4, 0.5) is 5.82 Å². The minimum atomic E-state index is 0.340. The molecule has 2 aromatic heterocycles. The first-order valence-electron chi connectivity index (χ1n) is 7.98. The molecule has 0 bridgehead atoms. The summed E-state index contributed by atoms with van der Waals surface area (Å²) in [5.41, 5.74) is 2.86. The Kier molecular flexibility index (Phi) is 4.12. The molecule has 4 rings (SSSR count). The van der Waals surface area contributed by atoms with E-state index >= 15 is 0 Å². The van der Waals surface area contributed by atoms with Gasteiger partial charge in [0, 0.05) is 19.0 Å². The summed E-state index contributed by atoms with van der Waals surface area (Å²) >= 11 is 6.10. The summed E-state index contributed by atoms with van der Waals surface area (Å²) < 4.78 is 6.00. The van der Waals surface area contributed by atoms with Crippen molar-refractivity contribution < 1.29 is 4.42 Å². The van der Waals surface area contributed by atoms with E-state index in [0.29, 0.717) is 11.7 Å². The lowest BCUT2D eigenvalue weighted by atomic mass is 10.1. The quantitative estimate of drug-likeness (QED) is 0.509. The number of hydrogen-bond donors (Lipinski definition) is 0. The van der Waals surface area contributed by atoms with Crippen molar-refractivity contribution in [3.8, 4) is 11.3 Å². The van der Waals surface area contributed by atoms with Crippen LogP contribution in [0, 0.1) is 0 Å². The first-order chi connectivity index (χ1) is 12.2. The summed E-state index contributed by atoms with van der Waals surface area (Å²) in [4.78, 5) is 2.04. The smallest absolute Gasteiger partial charge is 0.162 e. The molecule has 0 N–H and O–H groups in total. The second kappa shape index (κ2) is 6.57. The van der Waals surface area contributed by atoms with E-state index in [4.69, 9.17) is 16.0 Å². The Balaban J connectivity index is 1.75. The Bertz CT molecular complexity index is 981. The molecule has 4 aromatic rings. The van der Waals surface area contributed by atoms with Crippen LogP contribution < -0.4 is 4.90 Å². The van der Waals surface area contributed by atoms with E-state index in [1.165, 1.54) is 5.56 Å². The van der Waals surface area contributed by atoms with Gasteiger partial charge in [-0.05, 0) is 23.8 Å². The largest absolute Gasteiger partial charge is 0.456 e. The lowest BCUT2D eigenvalue weighted by Crippen LogP contribution is -2.19. The molecular weight excluding hydrogens is 334 g/mol. The van der Waals surface area contributed by atoms with E-state index in [9.17, 15) is 0 Å². The zero-order valence-corrected chi connectivity index (χ0v) is 14.4. The molecule has 0 aliphatic carbocycles. The van der Waals surface area contributed by atoms with Crippen molar-refractivity contribution in [3.05, 3.63) is 77.4 Å². The fourth-order valence-electron chi connectivity index (χ4n) is 2.87. The van der Waals surface area contributed by atoms with Gasteiger partial charge in [0.1, 0.15) is 11.3 Å². The van der Waals surface area contributed by atoms with Crippen molar-refractivity contribution in [2.24, 2.45) is 0 Å². The highest BCUT2D eigenvalue weighted by molar-refractivity contribution is 6.29. The lowest BCUT2D eigenvalue weighted by molar-refractivity contribution is 0.630. The predicted octanol–water partition coefficient (Wildman–Crippen LogP) is 5.18. The van der Waals surface area contributed by atoms with Crippen molar-refractivity contribution in [3.63, 3.8) is 0 Å². The molecule has 2 aromatic carbocycles. The van der Waals surface area contributed by atoms with E-state index in [0.717, 1.165) is 28.1 Å². The first kappa shape index (κ1) is 15.7. The standard InChI is InChI=1S/C20H16ClN3O/c1-24(13-14-7-3-2-4-8-14)20-16(12-19(21)22-23-20)18-11-15-9-5-6-10-17(15)25-18/h2-12H,13H2,1H3. The third-order valence-corrected chi connectivity index (χ3v) is 4.24. The first-order valence-corrected chi connectivity index (χ1v) is 8.36. The highest BCUT2D eigenvalue weighted by Gasteiger charge is 2.17. The number of benzene rings is 2. The Morgan fingerprint density at radius 3 is 2.52 bits per heavy atom. The van der Waals surface area contributed by atoms with Crippen molar-refractivity contribution in [1.82, 2.24) is 10.2 Å². The highest BCUT2D eigenvalue weighted by atomic mass is 35.5. The van der Waals surface area contributed by atoms with Gasteiger partial charge in [0.2, 0.25) is 0 Å². The van der Waals surface area contributed by atoms with Crippen LogP contribution in [0.1, 0.15) is 5.56 Å². The van der Waals surface area contributed by atoms with Crippen LogP contribution in [0.3, 0.4) is 0 Å². The van der Waals surface area contributed by atoms with Crippen LogP contribution in [0.15, 0.2) is 71.1 Å². The van der Waals surface area contributed by atoms with Gasteiger partial charge < -0.3 is 9.32 Å². The van der Waals surface area contributed by atoms with E-state index in [1.54, 1.807) is 6.07 Å². The van der Waals surface area contributed by atoms with Crippen LogP contribution in [-0.2, 0) is 6.54 Å². The molecule has 5 heteroatoms. The molecule has 0 amide bonds. The van der Waals surface area contributed by atoms with Gasteiger partial charge in [-0.1, -0.05) is 60.1 Å². The number of hydrogen-bond acceptors (Lipinski definition) is 4. The maximum atomic E-state index is 6.10. The molecule has 25 heavy (non-hydrogen) atoms. The summed E-state index contributed by atoms with van der Waals surface area (Å²) in [7, 11) is 1.98. The predicted molar refractivity (Wildman–Crippen MR) is 101 cm³/mol. The molecule has 0 radical (unpaired) electrons. The van der Waals surface area contributed by atoms with Crippen molar-refractivity contribution >= 4 is 28.4 Å². The monoisotopic (exact) mass is 349 g/mol. The van der Waals surface area contributed by atoms with Crippen molar-refractivity contribution in [2.45, 2.75) is 6.54 Å². The minimum absolute atomic E-state index is 0.340. The van der Waals surface area contributed by atoms with Crippen molar-refractivity contribution in [2.75, 3.05) is 11.9 Å². The van der Waals surface area contributed by atoms with E-state index < -0.39 is 0 Å². The number of rotatable bonds is 4. The summed E-state index contributed by atoms with van der Waals surface area (Å²) in [5.74, 6) is 1.46. The Morgan fingerprint density at radius 1 is 0.960 bits per heavy atom. The van der Waals surface area contributed by atoms with Gasteiger partial charge in [-0.25, -0.2) is 0 Å². The fraction of sp³-hybridized carbons (Fsp3) is 0.100. The molecule has 0 spiro atoms. The minimum Gasteiger partial charge on any atom is -0.456 e. The number of anilines is 1. The summed E-state index contributed by atoms with van der Waals surface area (Å²) in [6.07, 6.45) is 0. The number of fused-ring (bicyclic) bond motifs is 1. The van der Waals surface area contributed by atoms with Gasteiger partial charge in [-0.2, -0.15) is 0 Å². The van der Waals surface area contributed by atoms with E-state index in [1.807, 2.05) is 60.5 Å². The molecule has 0 aliphatic heterocycles. The number of nitrogens with zero attached hydrogens (tertiary/aromatic N) is 3. The lowest BCUT2D eigenvalue weighted by Gasteiger charge is -2.20. The van der Waals surface area contributed by atoms with Gasteiger partial charge in [-0.15, -0.1) is 10.2 Å². The van der Waals surface area contributed by atoms with Crippen LogP contribution in [-0.4, -0.2) is 17.2 Å². The summed E-state index contributed by atoms with van der Waals surface area (Å²) in [6.45, 7) is 0.713. The zero-order valence-electron chi connectivity index (χ0n) is 13.7. The topological polar surface area (TPSA) is 42.2 Å². The molecule has 0 saturated carbocycles. The number of halogens is 1. The third-order valence-electron chi connectivity index (χ3n) is 4.06. The Morgan fingerprint density at radius 2 is 1.72 bits per heavy atom. The van der Waals surface area contributed by atoms with Crippen LogP contribution in [0.25, 0.3) is 22.3 Å². The van der Waals surface area contributed by atoms with Gasteiger partial charge in [0.05, 0.1) is 5.56 Å². The van der Waals surface area contributed by atoms with Gasteiger partial charge >= 0.3 is 0 Å². The van der Waals surface area contributed by atoms with E-state index in [-0.39, 0.29) is 0 Å². The number of furan rings is 1. The maximum Gasteiger partial charge on any atom is 0.162 e. The fourth-order valence-corrected chi connectivity index (χ4v) is 3.02. The third kappa shape index (κ3) is 3.21. The molecule has 124 valence electrons. The summed E-state index contributed by atoms with van der Waals surface area (Å²) in [5, 5.41) is 9.70. The molecule has 4 nitrogen and oxygen atoms in total. The Hall–Kier alpha value is -2.85. The second-order valence-electron chi connectivity index (χ2n) is 5.89. The normalized spacial score (nSPS) is 11.0. The molecule has 0 atom stereocenters. The average molecular weight is 350 g/mol. The molecule has 0 unspecified atom stereocenters. The number of aromatic nitrogens is 2. The van der Waals surface area contributed by atoms with Crippen molar-refractivity contribution in [1.29, 1.82) is 0 Å². The second-order valence-corrected chi connectivity index (χ2v) is 6.28. The van der Waals surface area contributed by atoms with Crippen LogP contribution in [0.2, 0.25) is 5.15 Å². The van der Waals surface area contributed by atoms with Gasteiger partial charge in [0.25, 0.3) is 0 Å². The SMILES string of the molecule is CN(Cc1ccccc1)c1nnc(Cl)cc1-c1cc2ccccc2o1. The van der Waals surface area contributed by atoms with Gasteiger partial charge in [0.15, 0.2) is 11.0 Å². The molecule has 2 heterocycles. The maximum absolute atomic E-state index is 6.10. The van der Waals surface area contributed by atoms with Crippen LogP contribution >= 0.6 is 11.6 Å². The molecule has 0 fully saturated rings. The molecule has 0 saturated heterocycles. The Labute approximate surface area is 150 Å². The highest BCUT2D eigenvalue weighted by Crippen LogP contribution is 2.34. The molecule has 0 aliphatic rings. The zero-order chi connectivity index (χ0) is 17.2. The summed E-state index contributed by atoms with van der Waals surface area (Å²) in [6, 6.07) is 21.9. The van der Waals surface area contributed by atoms with E-state index in [2.05, 4.69) is 22.3 Å². The van der Waals surface area contributed by atoms with Gasteiger partial charge in [-0.3, -0.25) is 0 Å².